The normalized spacial score (nSPS) is 25.0. The topological polar surface area (TPSA) is 97.2 Å². The Kier molecular flexibility index (Phi) is 5.83. The largest absolute Gasteiger partial charge is 0.393 e. The average Bonchev–Trinajstić information content (AvgIpc) is 3.43. The molecule has 4 heterocycles. The highest BCUT2D eigenvalue weighted by molar-refractivity contribution is 7.14. The minimum atomic E-state index is -0.328. The highest BCUT2D eigenvalue weighted by Crippen LogP contribution is 2.39. The van der Waals surface area contributed by atoms with Crippen molar-refractivity contribution in [1.82, 2.24) is 15.0 Å². The highest BCUT2D eigenvalue weighted by atomic mass is 32.1. The van der Waals surface area contributed by atoms with E-state index in [1.54, 1.807) is 17.5 Å². The first-order chi connectivity index (χ1) is 15.4. The van der Waals surface area contributed by atoms with Gasteiger partial charge in [0.05, 0.1) is 33.9 Å². The Bertz CT molecular complexity index is 1150. The van der Waals surface area contributed by atoms with Crippen molar-refractivity contribution >= 4 is 34.3 Å². The Hall–Kier alpha value is -2.20. The summed E-state index contributed by atoms with van der Waals surface area (Å²) < 4.78 is 6.09. The number of carbonyl (C=O) groups excluding carboxylic acids is 1. The number of hydrogen-bond acceptors (Lipinski definition) is 9. The molecule has 0 spiro atoms. The second-order valence-electron chi connectivity index (χ2n) is 8.64. The van der Waals surface area contributed by atoms with E-state index in [4.69, 9.17) is 9.72 Å². The van der Waals surface area contributed by atoms with Crippen LogP contribution in [0.15, 0.2) is 18.6 Å². The molecule has 0 radical (unpaired) electrons. The van der Waals surface area contributed by atoms with Crippen LogP contribution in [0.2, 0.25) is 0 Å². The van der Waals surface area contributed by atoms with Crippen LogP contribution in [0.4, 0.5) is 5.82 Å². The first-order valence-corrected chi connectivity index (χ1v) is 12.5. The van der Waals surface area contributed by atoms with Gasteiger partial charge in [-0.3, -0.25) is 4.79 Å². The number of aliphatic hydroxyl groups is 1. The van der Waals surface area contributed by atoms with Crippen molar-refractivity contribution in [2.75, 3.05) is 11.9 Å². The summed E-state index contributed by atoms with van der Waals surface area (Å²) in [5.74, 6) is 0.644. The van der Waals surface area contributed by atoms with Gasteiger partial charge in [0.2, 0.25) is 5.78 Å². The molecule has 1 saturated carbocycles. The van der Waals surface area contributed by atoms with Crippen molar-refractivity contribution in [3.8, 4) is 0 Å². The smallest absolute Gasteiger partial charge is 0.208 e. The molecule has 0 aromatic carbocycles. The zero-order chi connectivity index (χ0) is 22.4. The first kappa shape index (κ1) is 21.6. The number of aryl methyl sites for hydroxylation is 2. The van der Waals surface area contributed by atoms with Crippen molar-refractivity contribution in [3.63, 3.8) is 0 Å². The van der Waals surface area contributed by atoms with Crippen LogP contribution in [0.25, 0.3) is 0 Å². The fourth-order valence-corrected chi connectivity index (χ4v) is 6.55. The summed E-state index contributed by atoms with van der Waals surface area (Å²) in [5.41, 5.74) is 2.44. The minimum absolute atomic E-state index is 0.0871. The summed E-state index contributed by atoms with van der Waals surface area (Å²) >= 11 is 3.19. The van der Waals surface area contributed by atoms with Gasteiger partial charge in [-0.25, -0.2) is 15.0 Å². The quantitative estimate of drug-likeness (QED) is 0.542. The van der Waals surface area contributed by atoms with Gasteiger partial charge in [-0.15, -0.1) is 22.7 Å². The molecule has 3 aromatic heterocycles. The molecule has 7 nitrogen and oxygen atoms in total. The van der Waals surface area contributed by atoms with E-state index in [1.807, 2.05) is 26.8 Å². The van der Waals surface area contributed by atoms with E-state index in [2.05, 4.69) is 15.3 Å². The number of carbonyl (C=O) groups is 1. The van der Waals surface area contributed by atoms with Crippen molar-refractivity contribution in [2.24, 2.45) is 5.92 Å². The second kappa shape index (κ2) is 8.62. The van der Waals surface area contributed by atoms with E-state index in [0.29, 0.717) is 29.3 Å². The number of rotatable bonds is 5. The number of nitrogens with one attached hydrogen (secondary N) is 1. The molecule has 1 fully saturated rings. The molecule has 32 heavy (non-hydrogen) atoms. The van der Waals surface area contributed by atoms with Crippen LogP contribution in [-0.4, -0.2) is 44.6 Å². The van der Waals surface area contributed by atoms with Gasteiger partial charge in [0.1, 0.15) is 18.2 Å². The number of thiophene rings is 1. The van der Waals surface area contributed by atoms with Crippen LogP contribution in [0, 0.1) is 19.8 Å². The molecule has 3 aromatic rings. The van der Waals surface area contributed by atoms with Crippen LogP contribution in [0.5, 0.6) is 0 Å². The van der Waals surface area contributed by atoms with Gasteiger partial charge < -0.3 is 15.2 Å². The number of ether oxygens (including phenoxy) is 1. The SMILES string of the molecule is Cc1nc2c(s1)CCO[C@@H]2c1cc(C(=O)c2cncnc2N[C@@H]2C[C@@H](C)[C@@H](O)C2)sc1C. The molecule has 2 aliphatic rings. The lowest BCUT2D eigenvalue weighted by Gasteiger charge is -2.22. The number of hydrogen-bond donors (Lipinski definition) is 2. The summed E-state index contributed by atoms with van der Waals surface area (Å²) in [7, 11) is 0. The number of aromatic nitrogens is 3. The maximum absolute atomic E-state index is 13.5. The van der Waals surface area contributed by atoms with Crippen LogP contribution < -0.4 is 5.32 Å². The molecule has 168 valence electrons. The maximum Gasteiger partial charge on any atom is 0.208 e. The molecular formula is C23H26N4O3S2. The predicted molar refractivity (Wildman–Crippen MR) is 125 cm³/mol. The molecular weight excluding hydrogens is 444 g/mol. The van der Waals surface area contributed by atoms with Gasteiger partial charge >= 0.3 is 0 Å². The Labute approximate surface area is 194 Å². The summed E-state index contributed by atoms with van der Waals surface area (Å²) in [4.78, 5) is 29.6. The monoisotopic (exact) mass is 470 g/mol. The highest BCUT2D eigenvalue weighted by Gasteiger charge is 2.32. The van der Waals surface area contributed by atoms with Crippen molar-refractivity contribution in [3.05, 3.63) is 55.1 Å². The Morgan fingerprint density at radius 3 is 2.91 bits per heavy atom. The molecule has 1 aliphatic carbocycles. The van der Waals surface area contributed by atoms with E-state index in [-0.39, 0.29) is 30.0 Å². The third-order valence-corrected chi connectivity index (χ3v) is 8.41. The fourth-order valence-electron chi connectivity index (χ4n) is 4.60. The molecule has 9 heteroatoms. The third kappa shape index (κ3) is 3.98. The number of fused-ring (bicyclic) bond motifs is 1. The zero-order valence-electron chi connectivity index (χ0n) is 18.3. The van der Waals surface area contributed by atoms with E-state index in [0.717, 1.165) is 34.0 Å². The standard InChI is InChI=1S/C23H26N4O3S2/c1-11-6-14(7-17(11)28)27-23-16(9-24-10-25-23)21(29)19-8-15(12(2)31-19)22-20-18(4-5-30-22)32-13(3)26-20/h8-11,14,17,22,28H,4-7H2,1-3H3,(H,24,25,27)/t11-,14-,17+,22-/m1/s1. The van der Waals surface area contributed by atoms with E-state index in [9.17, 15) is 9.90 Å². The molecule has 0 saturated heterocycles. The number of aliphatic hydroxyl groups excluding tert-OH is 1. The summed E-state index contributed by atoms with van der Waals surface area (Å²) in [6, 6.07) is 2.03. The van der Waals surface area contributed by atoms with E-state index >= 15 is 0 Å². The van der Waals surface area contributed by atoms with Crippen LogP contribution in [0.1, 0.15) is 67.1 Å². The minimum Gasteiger partial charge on any atom is -0.393 e. The van der Waals surface area contributed by atoms with Gasteiger partial charge in [0.15, 0.2) is 0 Å². The van der Waals surface area contributed by atoms with Crippen LogP contribution >= 0.6 is 22.7 Å². The number of nitrogens with zero attached hydrogens (tertiary/aromatic N) is 3. The van der Waals surface area contributed by atoms with Crippen molar-refractivity contribution < 1.29 is 14.6 Å². The van der Waals surface area contributed by atoms with Crippen LogP contribution in [-0.2, 0) is 11.2 Å². The zero-order valence-corrected chi connectivity index (χ0v) is 19.9. The molecule has 5 rings (SSSR count). The first-order valence-electron chi connectivity index (χ1n) is 10.9. The summed E-state index contributed by atoms with van der Waals surface area (Å²) in [5, 5.41) is 14.5. The van der Waals surface area contributed by atoms with Crippen molar-refractivity contribution in [1.29, 1.82) is 0 Å². The summed E-state index contributed by atoms with van der Waals surface area (Å²) in [6.45, 7) is 6.74. The fraction of sp³-hybridized carbons (Fsp3) is 0.478. The van der Waals surface area contributed by atoms with Gasteiger partial charge in [-0.2, -0.15) is 0 Å². The number of ketones is 1. The lowest BCUT2D eigenvalue weighted by molar-refractivity contribution is 0.0679. The second-order valence-corrected chi connectivity index (χ2v) is 11.2. The number of anilines is 1. The molecule has 1 aliphatic heterocycles. The Morgan fingerprint density at radius 1 is 1.28 bits per heavy atom. The van der Waals surface area contributed by atoms with Gasteiger partial charge in [-0.05, 0) is 38.7 Å². The molecule has 0 amide bonds. The van der Waals surface area contributed by atoms with Crippen LogP contribution in [0.3, 0.4) is 0 Å². The lowest BCUT2D eigenvalue weighted by atomic mass is 10.0. The Morgan fingerprint density at radius 2 is 2.12 bits per heavy atom. The molecule has 0 bridgehead atoms. The van der Waals surface area contributed by atoms with Gasteiger partial charge in [0.25, 0.3) is 0 Å². The predicted octanol–water partition coefficient (Wildman–Crippen LogP) is 4.08. The van der Waals surface area contributed by atoms with E-state index < -0.39 is 0 Å². The van der Waals surface area contributed by atoms with Crippen molar-refractivity contribution in [2.45, 2.75) is 58.3 Å². The maximum atomic E-state index is 13.5. The third-order valence-electron chi connectivity index (χ3n) is 6.30. The molecule has 2 N–H and O–H groups in total. The van der Waals surface area contributed by atoms with Gasteiger partial charge in [-0.1, -0.05) is 6.92 Å². The molecule has 0 unspecified atom stereocenters. The van der Waals surface area contributed by atoms with E-state index in [1.165, 1.54) is 22.5 Å². The lowest BCUT2D eigenvalue weighted by Crippen LogP contribution is -2.20. The van der Waals surface area contributed by atoms with Gasteiger partial charge in [0, 0.05) is 34.0 Å². The number of thiazole rings is 1. The average molecular weight is 471 g/mol. The summed E-state index contributed by atoms with van der Waals surface area (Å²) in [6.07, 6.45) is 4.84. The Balaban J connectivity index is 1.42. The molecule has 4 atom stereocenters.